The van der Waals surface area contributed by atoms with Crippen LogP contribution in [0.4, 0.5) is 10.1 Å². The maximum Gasteiger partial charge on any atom is 0.221 e. The van der Waals surface area contributed by atoms with Gasteiger partial charge in [-0.25, -0.2) is 4.39 Å². The van der Waals surface area contributed by atoms with Crippen molar-refractivity contribution in [1.29, 1.82) is 0 Å². The summed E-state index contributed by atoms with van der Waals surface area (Å²) in [4.78, 5) is 13.2. The highest BCUT2D eigenvalue weighted by Gasteiger charge is 2.16. The van der Waals surface area contributed by atoms with E-state index in [0.717, 1.165) is 25.1 Å². The van der Waals surface area contributed by atoms with E-state index in [1.165, 1.54) is 24.6 Å². The lowest BCUT2D eigenvalue weighted by Crippen LogP contribution is -2.38. The lowest BCUT2D eigenvalue weighted by Gasteiger charge is -2.28. The maximum absolute atomic E-state index is 13.0. The molecule has 5 nitrogen and oxygen atoms in total. The number of carbonyl (C=O) groups excluding carboxylic acids is 1. The van der Waals surface area contributed by atoms with Gasteiger partial charge in [-0.1, -0.05) is 18.2 Å². The number of hydrogen-bond donors (Lipinski definition) is 2. The summed E-state index contributed by atoms with van der Waals surface area (Å²) in [7, 11) is 0. The maximum atomic E-state index is 13.0. The average Bonchev–Trinajstić information content (AvgIpc) is 2.68. The SMILES string of the molecule is CC(=O)Nc1ccc(OCC(O)CN2CC=C(c3ccc(F)cc3)CC2)cc1. The highest BCUT2D eigenvalue weighted by atomic mass is 19.1. The van der Waals surface area contributed by atoms with Gasteiger partial charge in [0, 0.05) is 32.2 Å². The third-order valence-corrected chi connectivity index (χ3v) is 4.59. The highest BCUT2D eigenvalue weighted by Crippen LogP contribution is 2.22. The fraction of sp³-hybridized carbons (Fsp3) is 0.318. The van der Waals surface area contributed by atoms with Crippen molar-refractivity contribution in [2.75, 3.05) is 31.6 Å². The molecule has 1 amide bonds. The van der Waals surface area contributed by atoms with Crippen molar-refractivity contribution < 1.29 is 19.0 Å². The van der Waals surface area contributed by atoms with Crippen LogP contribution in [0.25, 0.3) is 5.57 Å². The molecule has 28 heavy (non-hydrogen) atoms. The lowest BCUT2D eigenvalue weighted by atomic mass is 9.99. The van der Waals surface area contributed by atoms with Crippen molar-refractivity contribution in [1.82, 2.24) is 4.90 Å². The van der Waals surface area contributed by atoms with Gasteiger partial charge in [0.1, 0.15) is 24.3 Å². The molecule has 1 atom stereocenters. The normalized spacial score (nSPS) is 15.6. The third kappa shape index (κ3) is 5.90. The number of β-amino-alcohol motifs (C(OH)–C–C–N with tert-alkyl or cyclic N) is 1. The first-order valence-corrected chi connectivity index (χ1v) is 9.35. The second kappa shape index (κ2) is 9.48. The van der Waals surface area contributed by atoms with Crippen LogP contribution in [0.3, 0.4) is 0 Å². The number of rotatable bonds is 7. The van der Waals surface area contributed by atoms with E-state index in [4.69, 9.17) is 4.74 Å². The molecule has 1 unspecified atom stereocenters. The molecule has 0 aromatic heterocycles. The Morgan fingerprint density at radius 2 is 1.93 bits per heavy atom. The molecule has 1 aliphatic heterocycles. The van der Waals surface area contributed by atoms with E-state index in [9.17, 15) is 14.3 Å². The molecule has 1 aliphatic rings. The Bertz CT molecular complexity index is 819. The van der Waals surface area contributed by atoms with Crippen LogP contribution in [0.2, 0.25) is 0 Å². The minimum absolute atomic E-state index is 0.123. The number of hydrogen-bond acceptors (Lipinski definition) is 4. The molecule has 0 aliphatic carbocycles. The molecular weight excluding hydrogens is 359 g/mol. The predicted molar refractivity (Wildman–Crippen MR) is 108 cm³/mol. The van der Waals surface area contributed by atoms with Gasteiger partial charge in [0.25, 0.3) is 0 Å². The summed E-state index contributed by atoms with van der Waals surface area (Å²) in [6.07, 6.45) is 2.39. The number of amides is 1. The van der Waals surface area contributed by atoms with Crippen molar-refractivity contribution in [2.24, 2.45) is 0 Å². The van der Waals surface area contributed by atoms with E-state index >= 15 is 0 Å². The smallest absolute Gasteiger partial charge is 0.221 e. The molecule has 0 radical (unpaired) electrons. The van der Waals surface area contributed by atoms with Crippen LogP contribution in [0.5, 0.6) is 5.75 Å². The fourth-order valence-electron chi connectivity index (χ4n) is 3.18. The van der Waals surface area contributed by atoms with Crippen LogP contribution in [0.15, 0.2) is 54.6 Å². The average molecular weight is 384 g/mol. The summed E-state index contributed by atoms with van der Waals surface area (Å²) in [5.41, 5.74) is 2.96. The third-order valence-electron chi connectivity index (χ3n) is 4.59. The number of nitrogens with one attached hydrogen (secondary N) is 1. The minimum atomic E-state index is -0.601. The van der Waals surface area contributed by atoms with Crippen molar-refractivity contribution in [3.8, 4) is 5.75 Å². The summed E-state index contributed by atoms with van der Waals surface area (Å²) in [5.74, 6) is 0.294. The van der Waals surface area contributed by atoms with E-state index in [0.29, 0.717) is 18.0 Å². The second-order valence-corrected chi connectivity index (χ2v) is 6.92. The Balaban J connectivity index is 1.43. The van der Waals surface area contributed by atoms with Gasteiger partial charge in [-0.15, -0.1) is 0 Å². The topological polar surface area (TPSA) is 61.8 Å². The van der Waals surface area contributed by atoms with Gasteiger partial charge in [-0.05, 0) is 54.0 Å². The number of aliphatic hydroxyl groups is 1. The molecule has 3 rings (SSSR count). The Hall–Kier alpha value is -2.70. The zero-order valence-corrected chi connectivity index (χ0v) is 15.9. The van der Waals surface area contributed by atoms with E-state index < -0.39 is 6.10 Å². The molecule has 0 spiro atoms. The number of nitrogens with zero attached hydrogens (tertiary/aromatic N) is 1. The van der Waals surface area contributed by atoms with E-state index in [-0.39, 0.29) is 18.3 Å². The molecular formula is C22H25FN2O3. The first-order chi connectivity index (χ1) is 13.5. The highest BCUT2D eigenvalue weighted by molar-refractivity contribution is 5.88. The molecule has 0 saturated heterocycles. The molecule has 0 fully saturated rings. The first kappa shape index (κ1) is 20.0. The van der Waals surface area contributed by atoms with Crippen LogP contribution in [0, 0.1) is 5.82 Å². The molecule has 1 heterocycles. The molecule has 2 aromatic rings. The summed E-state index contributed by atoms with van der Waals surface area (Å²) >= 11 is 0. The van der Waals surface area contributed by atoms with E-state index in [2.05, 4.69) is 16.3 Å². The Kier molecular flexibility index (Phi) is 6.79. The number of ether oxygens (including phenoxy) is 1. The molecule has 2 N–H and O–H groups in total. The number of carbonyl (C=O) groups is 1. The number of aliphatic hydroxyl groups excluding tert-OH is 1. The van der Waals surface area contributed by atoms with E-state index in [1.54, 1.807) is 36.4 Å². The largest absolute Gasteiger partial charge is 0.491 e. The Labute approximate surface area is 164 Å². The van der Waals surface area contributed by atoms with Crippen LogP contribution in [-0.4, -0.2) is 48.3 Å². The Morgan fingerprint density at radius 3 is 2.54 bits per heavy atom. The predicted octanol–water partition coefficient (Wildman–Crippen LogP) is 3.31. The summed E-state index contributed by atoms with van der Waals surface area (Å²) in [6.45, 7) is 3.77. The van der Waals surface area contributed by atoms with Gasteiger partial charge >= 0.3 is 0 Å². The molecule has 148 valence electrons. The van der Waals surface area contributed by atoms with Gasteiger partial charge in [0.2, 0.25) is 5.91 Å². The van der Waals surface area contributed by atoms with Crippen molar-refractivity contribution >= 4 is 17.2 Å². The summed E-state index contributed by atoms with van der Waals surface area (Å²) in [6, 6.07) is 13.6. The fourth-order valence-corrected chi connectivity index (χ4v) is 3.18. The van der Waals surface area contributed by atoms with Crippen LogP contribution >= 0.6 is 0 Å². The lowest BCUT2D eigenvalue weighted by molar-refractivity contribution is -0.114. The number of halogens is 1. The van der Waals surface area contributed by atoms with Gasteiger partial charge in [0.05, 0.1) is 0 Å². The molecule has 0 saturated carbocycles. The van der Waals surface area contributed by atoms with Crippen LogP contribution in [-0.2, 0) is 4.79 Å². The van der Waals surface area contributed by atoms with Crippen molar-refractivity contribution in [3.05, 3.63) is 66.0 Å². The second-order valence-electron chi connectivity index (χ2n) is 6.92. The first-order valence-electron chi connectivity index (χ1n) is 9.35. The van der Waals surface area contributed by atoms with Crippen molar-refractivity contribution in [2.45, 2.75) is 19.4 Å². The van der Waals surface area contributed by atoms with Gasteiger partial charge < -0.3 is 15.2 Å². The van der Waals surface area contributed by atoms with Crippen LogP contribution < -0.4 is 10.1 Å². The molecule has 0 bridgehead atoms. The van der Waals surface area contributed by atoms with Crippen molar-refractivity contribution in [3.63, 3.8) is 0 Å². The molecule has 2 aromatic carbocycles. The van der Waals surface area contributed by atoms with Gasteiger partial charge in [0.15, 0.2) is 0 Å². The standard InChI is InChI=1S/C22H25FN2O3/c1-16(26)24-20-6-8-22(9-7-20)28-15-21(27)14-25-12-10-18(11-13-25)17-2-4-19(23)5-3-17/h2-10,21,27H,11-15H2,1H3,(H,24,26). The zero-order valence-electron chi connectivity index (χ0n) is 15.9. The summed E-state index contributed by atoms with van der Waals surface area (Å²) in [5, 5.41) is 13.0. The number of benzene rings is 2. The van der Waals surface area contributed by atoms with Crippen LogP contribution in [0.1, 0.15) is 18.9 Å². The Morgan fingerprint density at radius 1 is 1.21 bits per heavy atom. The zero-order chi connectivity index (χ0) is 19.9. The summed E-state index contributed by atoms with van der Waals surface area (Å²) < 4.78 is 18.7. The monoisotopic (exact) mass is 384 g/mol. The number of anilines is 1. The molecule has 6 heteroatoms. The minimum Gasteiger partial charge on any atom is -0.491 e. The van der Waals surface area contributed by atoms with E-state index in [1.807, 2.05) is 0 Å². The van der Waals surface area contributed by atoms with Gasteiger partial charge in [-0.3, -0.25) is 9.69 Å². The van der Waals surface area contributed by atoms with Gasteiger partial charge in [-0.2, -0.15) is 0 Å². The quantitative estimate of drug-likeness (QED) is 0.769.